The third-order valence-corrected chi connectivity index (χ3v) is 2.55. The first kappa shape index (κ1) is 12.4. The predicted octanol–water partition coefficient (Wildman–Crippen LogP) is 3.11. The maximum absolute atomic E-state index is 9.12. The van der Waals surface area contributed by atoms with E-state index < -0.39 is 0 Å². The highest BCUT2D eigenvalue weighted by atomic mass is 16.5. The molecule has 0 aliphatic carbocycles. The quantitative estimate of drug-likeness (QED) is 0.764. The van der Waals surface area contributed by atoms with E-state index in [0.29, 0.717) is 0 Å². The van der Waals surface area contributed by atoms with Crippen LogP contribution in [0, 0.1) is 11.3 Å². The third-order valence-electron chi connectivity index (χ3n) is 2.55. The van der Waals surface area contributed by atoms with Crippen LogP contribution in [0.2, 0.25) is 0 Å². The lowest BCUT2D eigenvalue weighted by Gasteiger charge is -2.13. The van der Waals surface area contributed by atoms with E-state index in [4.69, 9.17) is 14.7 Å². The predicted molar refractivity (Wildman–Crippen MR) is 62.8 cm³/mol. The van der Waals surface area contributed by atoms with E-state index >= 15 is 0 Å². The van der Waals surface area contributed by atoms with Gasteiger partial charge in [0.2, 0.25) is 0 Å². The second kappa shape index (κ2) is 6.02. The van der Waals surface area contributed by atoms with Crippen LogP contribution in [0.1, 0.15) is 31.2 Å². The fraction of sp³-hybridized carbons (Fsp3) is 0.462. The van der Waals surface area contributed by atoms with Gasteiger partial charge >= 0.3 is 0 Å². The fourth-order valence-electron chi connectivity index (χ4n) is 1.68. The van der Waals surface area contributed by atoms with Crippen LogP contribution < -0.4 is 9.47 Å². The lowest BCUT2D eigenvalue weighted by Crippen LogP contribution is -1.99. The molecule has 3 heteroatoms. The van der Waals surface area contributed by atoms with E-state index in [1.165, 1.54) is 0 Å². The van der Waals surface area contributed by atoms with Crippen molar-refractivity contribution in [3.05, 3.63) is 23.8 Å². The molecule has 0 saturated heterocycles. The molecule has 1 atom stereocenters. The Kier molecular flexibility index (Phi) is 4.65. The van der Waals surface area contributed by atoms with Gasteiger partial charge in [0.05, 0.1) is 26.2 Å². The fourth-order valence-corrected chi connectivity index (χ4v) is 1.68. The summed E-state index contributed by atoms with van der Waals surface area (Å²) in [4.78, 5) is 0. The van der Waals surface area contributed by atoms with Crippen LogP contribution in [-0.4, -0.2) is 14.2 Å². The molecule has 0 saturated carbocycles. The molecule has 0 aliphatic rings. The topological polar surface area (TPSA) is 42.2 Å². The second-order valence-corrected chi connectivity index (χ2v) is 3.58. The molecule has 86 valence electrons. The van der Waals surface area contributed by atoms with Crippen molar-refractivity contribution >= 4 is 0 Å². The van der Waals surface area contributed by atoms with Gasteiger partial charge in [0.15, 0.2) is 0 Å². The van der Waals surface area contributed by atoms with Crippen molar-refractivity contribution in [1.82, 2.24) is 0 Å². The number of rotatable bonds is 5. The van der Waals surface area contributed by atoms with E-state index in [1.54, 1.807) is 14.2 Å². The molecule has 0 amide bonds. The molecule has 3 nitrogen and oxygen atoms in total. The van der Waals surface area contributed by atoms with E-state index in [9.17, 15) is 0 Å². The molecule has 0 fully saturated rings. The zero-order valence-electron chi connectivity index (χ0n) is 9.99. The van der Waals surface area contributed by atoms with E-state index in [0.717, 1.165) is 29.9 Å². The minimum absolute atomic E-state index is 0.106. The number of nitriles is 1. The summed E-state index contributed by atoms with van der Waals surface area (Å²) < 4.78 is 10.4. The van der Waals surface area contributed by atoms with Crippen molar-refractivity contribution in [3.63, 3.8) is 0 Å². The second-order valence-electron chi connectivity index (χ2n) is 3.58. The van der Waals surface area contributed by atoms with Crippen LogP contribution in [-0.2, 0) is 0 Å². The standard InChI is InChI=1S/C13H17NO2/c1-4-5-10(9-14)12-7-6-11(15-2)8-13(12)16-3/h6-8,10H,4-5H2,1-3H3. The van der Waals surface area contributed by atoms with Gasteiger partial charge in [-0.3, -0.25) is 0 Å². The van der Waals surface area contributed by atoms with Gasteiger partial charge in [0, 0.05) is 11.6 Å². The molecule has 16 heavy (non-hydrogen) atoms. The van der Waals surface area contributed by atoms with Gasteiger partial charge in [-0.1, -0.05) is 19.4 Å². The molecule has 1 aromatic carbocycles. The number of nitrogens with zero attached hydrogens (tertiary/aromatic N) is 1. The highest BCUT2D eigenvalue weighted by Crippen LogP contribution is 2.32. The average Bonchev–Trinajstić information content (AvgIpc) is 2.35. The average molecular weight is 219 g/mol. The van der Waals surface area contributed by atoms with Gasteiger partial charge in [-0.15, -0.1) is 0 Å². The third kappa shape index (κ3) is 2.66. The normalized spacial score (nSPS) is 11.6. The Balaban J connectivity index is 3.07. The highest BCUT2D eigenvalue weighted by molar-refractivity contribution is 5.44. The smallest absolute Gasteiger partial charge is 0.127 e. The minimum Gasteiger partial charge on any atom is -0.497 e. The summed E-state index contributed by atoms with van der Waals surface area (Å²) in [5, 5.41) is 9.12. The largest absolute Gasteiger partial charge is 0.497 e. The van der Waals surface area contributed by atoms with E-state index in [2.05, 4.69) is 13.0 Å². The van der Waals surface area contributed by atoms with Crippen LogP contribution in [0.4, 0.5) is 0 Å². The van der Waals surface area contributed by atoms with Gasteiger partial charge in [0.25, 0.3) is 0 Å². The van der Waals surface area contributed by atoms with Gasteiger partial charge in [-0.25, -0.2) is 0 Å². The summed E-state index contributed by atoms with van der Waals surface area (Å²) >= 11 is 0. The molecule has 0 bridgehead atoms. The summed E-state index contributed by atoms with van der Waals surface area (Å²) in [6.07, 6.45) is 1.83. The van der Waals surface area contributed by atoms with Crippen LogP contribution >= 0.6 is 0 Å². The van der Waals surface area contributed by atoms with Crippen molar-refractivity contribution in [2.24, 2.45) is 0 Å². The SMILES string of the molecule is CCCC(C#N)c1ccc(OC)cc1OC. The molecule has 0 heterocycles. The van der Waals surface area contributed by atoms with Gasteiger partial charge in [-0.2, -0.15) is 5.26 Å². The van der Waals surface area contributed by atoms with Gasteiger partial charge in [0.1, 0.15) is 11.5 Å². The Labute approximate surface area is 96.6 Å². The van der Waals surface area contributed by atoms with Crippen molar-refractivity contribution in [2.45, 2.75) is 25.7 Å². The zero-order chi connectivity index (χ0) is 12.0. The Morgan fingerprint density at radius 3 is 2.56 bits per heavy atom. The molecule has 0 spiro atoms. The van der Waals surface area contributed by atoms with E-state index in [1.807, 2.05) is 18.2 Å². The Hall–Kier alpha value is -1.69. The van der Waals surface area contributed by atoms with Crippen LogP contribution in [0.3, 0.4) is 0 Å². The Morgan fingerprint density at radius 1 is 1.31 bits per heavy atom. The number of methoxy groups -OCH3 is 2. The number of ether oxygens (including phenoxy) is 2. The van der Waals surface area contributed by atoms with Crippen molar-refractivity contribution < 1.29 is 9.47 Å². The molecule has 1 aromatic rings. The van der Waals surface area contributed by atoms with Crippen LogP contribution in [0.25, 0.3) is 0 Å². The molecule has 1 unspecified atom stereocenters. The summed E-state index contributed by atoms with van der Waals surface area (Å²) in [6, 6.07) is 7.89. The lowest BCUT2D eigenvalue weighted by atomic mass is 9.95. The first-order valence-corrected chi connectivity index (χ1v) is 5.38. The monoisotopic (exact) mass is 219 g/mol. The Bertz CT molecular complexity index is 382. The summed E-state index contributed by atoms with van der Waals surface area (Å²) in [5.41, 5.74) is 0.938. The molecule has 1 rings (SSSR count). The molecule has 0 aliphatic heterocycles. The van der Waals surface area contributed by atoms with Crippen molar-refractivity contribution in [2.75, 3.05) is 14.2 Å². The lowest BCUT2D eigenvalue weighted by molar-refractivity contribution is 0.389. The first-order valence-electron chi connectivity index (χ1n) is 5.38. The van der Waals surface area contributed by atoms with Crippen molar-refractivity contribution in [3.8, 4) is 17.6 Å². The molecule has 0 aromatic heterocycles. The molecular formula is C13H17NO2. The van der Waals surface area contributed by atoms with Crippen LogP contribution in [0.5, 0.6) is 11.5 Å². The van der Waals surface area contributed by atoms with E-state index in [-0.39, 0.29) is 5.92 Å². The molecular weight excluding hydrogens is 202 g/mol. The summed E-state index contributed by atoms with van der Waals surface area (Å²) in [7, 11) is 3.22. The van der Waals surface area contributed by atoms with Crippen LogP contribution in [0.15, 0.2) is 18.2 Å². The zero-order valence-corrected chi connectivity index (χ0v) is 9.99. The number of hydrogen-bond acceptors (Lipinski definition) is 3. The molecule has 0 N–H and O–H groups in total. The molecule has 0 radical (unpaired) electrons. The first-order chi connectivity index (χ1) is 7.76. The maximum atomic E-state index is 9.12. The van der Waals surface area contributed by atoms with Gasteiger partial charge < -0.3 is 9.47 Å². The van der Waals surface area contributed by atoms with Crippen molar-refractivity contribution in [1.29, 1.82) is 5.26 Å². The highest BCUT2D eigenvalue weighted by Gasteiger charge is 2.15. The minimum atomic E-state index is -0.106. The summed E-state index contributed by atoms with van der Waals surface area (Å²) in [6.45, 7) is 2.07. The number of benzene rings is 1. The number of hydrogen-bond donors (Lipinski definition) is 0. The Morgan fingerprint density at radius 2 is 2.06 bits per heavy atom. The maximum Gasteiger partial charge on any atom is 0.127 e. The van der Waals surface area contributed by atoms with Gasteiger partial charge in [-0.05, 0) is 12.5 Å². The summed E-state index contributed by atoms with van der Waals surface area (Å²) in [5.74, 6) is 1.36.